The number of ether oxygens (including phenoxy) is 3. The molecule has 1 aromatic heterocycles. The van der Waals surface area contributed by atoms with E-state index in [1.54, 1.807) is 31.4 Å². The van der Waals surface area contributed by atoms with Crippen molar-refractivity contribution >= 4 is 11.6 Å². The third-order valence-corrected chi connectivity index (χ3v) is 4.40. The van der Waals surface area contributed by atoms with Crippen LogP contribution in [0.5, 0.6) is 17.2 Å². The van der Waals surface area contributed by atoms with Gasteiger partial charge in [-0.25, -0.2) is 4.98 Å². The van der Waals surface area contributed by atoms with Gasteiger partial charge in [0.1, 0.15) is 25.5 Å². The molecule has 0 saturated heterocycles. The molecule has 8 nitrogen and oxygen atoms in total. The Morgan fingerprint density at radius 3 is 2.72 bits per heavy atom. The lowest BCUT2D eigenvalue weighted by Gasteiger charge is -2.19. The van der Waals surface area contributed by atoms with Gasteiger partial charge in [-0.15, -0.1) is 0 Å². The third-order valence-electron chi connectivity index (χ3n) is 4.40. The zero-order chi connectivity index (χ0) is 20.2. The van der Waals surface area contributed by atoms with Gasteiger partial charge in [-0.3, -0.25) is 14.2 Å². The van der Waals surface area contributed by atoms with Crippen molar-refractivity contribution < 1.29 is 19.0 Å². The van der Waals surface area contributed by atoms with Crippen LogP contribution in [0.25, 0.3) is 11.3 Å². The zero-order valence-electron chi connectivity index (χ0n) is 15.8. The number of carbonyl (C=O) groups is 1. The number of carbonyl (C=O) groups excluding carboxylic acids is 1. The molecular formula is C21H19N3O5. The van der Waals surface area contributed by atoms with Crippen LogP contribution in [-0.2, 0) is 11.3 Å². The Kier molecular flexibility index (Phi) is 5.15. The number of fused-ring (bicyclic) bond motifs is 1. The lowest BCUT2D eigenvalue weighted by atomic mass is 10.1. The summed E-state index contributed by atoms with van der Waals surface area (Å²) in [6, 6.07) is 13.8. The summed E-state index contributed by atoms with van der Waals surface area (Å²) in [4.78, 5) is 29.1. The largest absolute Gasteiger partial charge is 0.496 e. The Morgan fingerprint density at radius 2 is 1.93 bits per heavy atom. The van der Waals surface area contributed by atoms with E-state index in [0.717, 1.165) is 0 Å². The lowest BCUT2D eigenvalue weighted by Crippen LogP contribution is -2.27. The minimum atomic E-state index is -0.351. The number of nitrogens with zero attached hydrogens (tertiary/aromatic N) is 2. The SMILES string of the molecule is COc1ccccc1-c1cc(=O)n(CC(=O)Nc2ccc3c(c2)OCCO3)cn1. The van der Waals surface area contributed by atoms with E-state index >= 15 is 0 Å². The summed E-state index contributed by atoms with van der Waals surface area (Å²) in [5, 5.41) is 2.75. The minimum absolute atomic E-state index is 0.160. The van der Waals surface area contributed by atoms with Crippen LogP contribution in [0.15, 0.2) is 59.7 Å². The molecule has 1 N–H and O–H groups in total. The molecule has 0 aliphatic carbocycles. The van der Waals surface area contributed by atoms with Gasteiger partial charge in [0.05, 0.1) is 19.1 Å². The van der Waals surface area contributed by atoms with Crippen LogP contribution in [0.4, 0.5) is 5.69 Å². The topological polar surface area (TPSA) is 91.7 Å². The van der Waals surface area contributed by atoms with E-state index in [-0.39, 0.29) is 18.0 Å². The third kappa shape index (κ3) is 4.06. The molecule has 148 valence electrons. The van der Waals surface area contributed by atoms with Gasteiger partial charge >= 0.3 is 0 Å². The van der Waals surface area contributed by atoms with Crippen molar-refractivity contribution in [2.45, 2.75) is 6.54 Å². The second-order valence-electron chi connectivity index (χ2n) is 6.35. The van der Waals surface area contributed by atoms with Crippen LogP contribution >= 0.6 is 0 Å². The van der Waals surface area contributed by atoms with E-state index < -0.39 is 0 Å². The van der Waals surface area contributed by atoms with Gasteiger partial charge in [0.2, 0.25) is 5.91 Å². The van der Waals surface area contributed by atoms with E-state index in [4.69, 9.17) is 14.2 Å². The van der Waals surface area contributed by atoms with Gasteiger partial charge in [-0.1, -0.05) is 12.1 Å². The summed E-state index contributed by atoms with van der Waals surface area (Å²) >= 11 is 0. The van der Waals surface area contributed by atoms with E-state index in [2.05, 4.69) is 10.3 Å². The maximum atomic E-state index is 12.5. The van der Waals surface area contributed by atoms with Crippen LogP contribution in [-0.4, -0.2) is 35.8 Å². The van der Waals surface area contributed by atoms with Gasteiger partial charge < -0.3 is 19.5 Å². The highest BCUT2D eigenvalue weighted by molar-refractivity contribution is 5.91. The summed E-state index contributed by atoms with van der Waals surface area (Å²) in [6.07, 6.45) is 1.35. The second kappa shape index (κ2) is 8.05. The van der Waals surface area contributed by atoms with Crippen LogP contribution in [0.2, 0.25) is 0 Å². The Labute approximate surface area is 166 Å². The molecular weight excluding hydrogens is 374 g/mol. The van der Waals surface area contributed by atoms with Crippen molar-refractivity contribution in [3.8, 4) is 28.5 Å². The van der Waals surface area contributed by atoms with Gasteiger partial charge in [-0.2, -0.15) is 0 Å². The molecule has 4 rings (SSSR count). The predicted octanol–water partition coefficient (Wildman–Crippen LogP) is 2.33. The number of para-hydroxylation sites is 1. The molecule has 1 aliphatic heterocycles. The number of rotatable bonds is 5. The standard InChI is InChI=1S/C21H19N3O5/c1-27-17-5-3-2-4-15(17)16-11-21(26)24(13-22-16)12-20(25)23-14-6-7-18-19(10-14)29-9-8-28-18/h2-7,10-11,13H,8-9,12H2,1H3,(H,23,25). The molecule has 1 amide bonds. The number of amides is 1. The highest BCUT2D eigenvalue weighted by atomic mass is 16.6. The number of nitrogens with one attached hydrogen (secondary N) is 1. The number of benzene rings is 2. The van der Waals surface area contributed by atoms with Crippen LogP contribution in [0.3, 0.4) is 0 Å². The van der Waals surface area contributed by atoms with Crippen molar-refractivity contribution in [1.82, 2.24) is 9.55 Å². The fourth-order valence-corrected chi connectivity index (χ4v) is 3.02. The van der Waals surface area contributed by atoms with Crippen LogP contribution in [0.1, 0.15) is 0 Å². The number of anilines is 1. The maximum absolute atomic E-state index is 12.5. The molecule has 0 unspecified atom stereocenters. The lowest BCUT2D eigenvalue weighted by molar-refractivity contribution is -0.116. The molecule has 29 heavy (non-hydrogen) atoms. The minimum Gasteiger partial charge on any atom is -0.496 e. The van der Waals surface area contributed by atoms with E-state index in [1.165, 1.54) is 17.0 Å². The average Bonchev–Trinajstić information content (AvgIpc) is 2.75. The molecule has 2 heterocycles. The fraction of sp³-hybridized carbons (Fsp3) is 0.190. The van der Waals surface area contributed by atoms with Gasteiger partial charge in [-0.05, 0) is 24.3 Å². The van der Waals surface area contributed by atoms with Crippen LogP contribution < -0.4 is 25.1 Å². The fourth-order valence-electron chi connectivity index (χ4n) is 3.02. The first-order chi connectivity index (χ1) is 14.1. The molecule has 0 fully saturated rings. The summed E-state index contributed by atoms with van der Waals surface area (Å²) in [5.41, 5.74) is 1.42. The van der Waals surface area contributed by atoms with E-state index in [0.29, 0.717) is 47.4 Å². The molecule has 3 aromatic rings. The highest BCUT2D eigenvalue weighted by Crippen LogP contribution is 2.32. The highest BCUT2D eigenvalue weighted by Gasteiger charge is 2.14. The van der Waals surface area contributed by atoms with E-state index in [9.17, 15) is 9.59 Å². The molecule has 0 bridgehead atoms. The maximum Gasteiger partial charge on any atom is 0.254 e. The molecule has 0 radical (unpaired) electrons. The van der Waals surface area contributed by atoms with Crippen molar-refractivity contribution in [2.24, 2.45) is 0 Å². The summed E-state index contributed by atoms with van der Waals surface area (Å²) < 4.78 is 17.5. The molecule has 0 spiro atoms. The Balaban J connectivity index is 1.48. The quantitative estimate of drug-likeness (QED) is 0.715. The van der Waals surface area contributed by atoms with Crippen molar-refractivity contribution in [2.75, 3.05) is 25.6 Å². The molecule has 1 aliphatic rings. The smallest absolute Gasteiger partial charge is 0.254 e. The number of hydrogen-bond acceptors (Lipinski definition) is 6. The van der Waals surface area contributed by atoms with Crippen molar-refractivity contribution in [3.05, 3.63) is 65.2 Å². The normalized spacial score (nSPS) is 12.3. The molecule has 8 heteroatoms. The predicted molar refractivity (Wildman–Crippen MR) is 107 cm³/mol. The summed E-state index contributed by atoms with van der Waals surface area (Å²) in [7, 11) is 1.56. The van der Waals surface area contributed by atoms with Gasteiger partial charge in [0.25, 0.3) is 5.56 Å². The first-order valence-electron chi connectivity index (χ1n) is 9.03. The van der Waals surface area contributed by atoms with Crippen molar-refractivity contribution in [1.29, 1.82) is 0 Å². The number of methoxy groups -OCH3 is 1. The van der Waals surface area contributed by atoms with Crippen LogP contribution in [0, 0.1) is 0 Å². The summed E-state index contributed by atoms with van der Waals surface area (Å²) in [6.45, 7) is 0.802. The first-order valence-corrected chi connectivity index (χ1v) is 9.03. The number of aromatic nitrogens is 2. The first kappa shape index (κ1) is 18.5. The van der Waals surface area contributed by atoms with E-state index in [1.807, 2.05) is 18.2 Å². The molecule has 0 atom stereocenters. The molecule has 0 saturated carbocycles. The molecule has 2 aromatic carbocycles. The zero-order valence-corrected chi connectivity index (χ0v) is 15.8. The average molecular weight is 393 g/mol. The number of hydrogen-bond donors (Lipinski definition) is 1. The Hall–Kier alpha value is -3.81. The van der Waals surface area contributed by atoms with Gasteiger partial charge in [0.15, 0.2) is 11.5 Å². The Bertz CT molecular complexity index is 1110. The Morgan fingerprint density at radius 1 is 1.14 bits per heavy atom. The van der Waals surface area contributed by atoms with Crippen molar-refractivity contribution in [3.63, 3.8) is 0 Å². The second-order valence-corrected chi connectivity index (χ2v) is 6.35. The van der Waals surface area contributed by atoms with Gasteiger partial charge in [0, 0.05) is 23.4 Å². The monoisotopic (exact) mass is 393 g/mol. The summed E-state index contributed by atoms with van der Waals surface area (Å²) in [5.74, 6) is 1.49.